The lowest BCUT2D eigenvalue weighted by Crippen LogP contribution is -2.45. The molecule has 8 rings (SSSR count). The van der Waals surface area contributed by atoms with E-state index in [1.807, 2.05) is 32.0 Å². The summed E-state index contributed by atoms with van der Waals surface area (Å²) < 4.78 is 73.6. The van der Waals surface area contributed by atoms with E-state index in [4.69, 9.17) is 48.9 Å². The minimum Gasteiger partial charge on any atom is -0.507 e. The number of aliphatic hydroxyl groups is 2. The molecule has 4 aromatic carbocycles. The van der Waals surface area contributed by atoms with Crippen molar-refractivity contribution in [3.63, 3.8) is 0 Å². The Kier molecular flexibility index (Phi) is 22.9. The Bertz CT molecular complexity index is 2780. The highest BCUT2D eigenvalue weighted by Crippen LogP contribution is 2.40. The fourth-order valence-corrected chi connectivity index (χ4v) is 11.8. The number of hydrogen-bond acceptors (Lipinski definition) is 18. The molecule has 4 heterocycles. The number of anilines is 1. The number of carbonyl (C=O) groups is 2. The van der Waals surface area contributed by atoms with Gasteiger partial charge in [0.15, 0.2) is 25.2 Å². The summed E-state index contributed by atoms with van der Waals surface area (Å²) in [5, 5.41) is 63.3. The van der Waals surface area contributed by atoms with Gasteiger partial charge in [0, 0.05) is 42.4 Å². The number of hydrazine groups is 1. The highest BCUT2D eigenvalue weighted by molar-refractivity contribution is 7.89. The van der Waals surface area contributed by atoms with Crippen LogP contribution in [-0.2, 0) is 57.5 Å². The van der Waals surface area contributed by atoms with Crippen molar-refractivity contribution in [1.82, 2.24) is 5.32 Å². The molecule has 0 bridgehead atoms. The Labute approximate surface area is 480 Å². The molecule has 4 fully saturated rings. The molecule has 0 aromatic heterocycles. The highest BCUT2D eigenvalue weighted by Gasteiger charge is 2.37. The first-order valence-corrected chi connectivity index (χ1v) is 30.3. The number of nitrogens with two attached hydrogens (primary N) is 2. The molecule has 4 aliphatic heterocycles. The van der Waals surface area contributed by atoms with Crippen LogP contribution in [0.15, 0.2) is 102 Å². The van der Waals surface area contributed by atoms with Crippen molar-refractivity contribution in [3.05, 3.63) is 114 Å². The first-order chi connectivity index (χ1) is 39.3. The van der Waals surface area contributed by atoms with Gasteiger partial charge in [-0.05, 0) is 140 Å². The van der Waals surface area contributed by atoms with E-state index < -0.39 is 65.3 Å². The smallest absolute Gasteiger partial charge is 0.241 e. The summed E-state index contributed by atoms with van der Waals surface area (Å²) >= 11 is 0. The van der Waals surface area contributed by atoms with Gasteiger partial charge < -0.3 is 68.7 Å². The fraction of sp³-hybridized carbons (Fsp3) is 0.567. The van der Waals surface area contributed by atoms with Crippen molar-refractivity contribution < 1.29 is 81.4 Å². The Morgan fingerprint density at radius 1 is 0.561 bits per heavy atom. The number of carbonyl (C=O) groups excluding carboxylic acids is 2. The monoisotopic (exact) mass is 1160 g/mol. The third kappa shape index (κ3) is 18.6. The van der Waals surface area contributed by atoms with Gasteiger partial charge in [-0.2, -0.15) is 0 Å². The molecule has 14 atom stereocenters. The van der Waals surface area contributed by atoms with Gasteiger partial charge >= 0.3 is 0 Å². The summed E-state index contributed by atoms with van der Waals surface area (Å²) in [4.78, 5) is 25.9. The van der Waals surface area contributed by atoms with Gasteiger partial charge in [-0.25, -0.2) is 24.4 Å². The zero-order chi connectivity index (χ0) is 58.3. The van der Waals surface area contributed by atoms with E-state index in [2.05, 4.69) is 5.32 Å². The number of nitrogens with zero attached hydrogens (tertiary/aromatic N) is 1. The van der Waals surface area contributed by atoms with Crippen molar-refractivity contribution in [1.29, 1.82) is 0 Å². The van der Waals surface area contributed by atoms with Crippen molar-refractivity contribution in [3.8, 4) is 17.2 Å². The number of hydrogen-bond donors (Lipinski definition) is 8. The lowest BCUT2D eigenvalue weighted by atomic mass is 9.95. The molecule has 4 aliphatic rings. The van der Waals surface area contributed by atoms with Gasteiger partial charge in [0.1, 0.15) is 17.2 Å². The molecule has 2 amide bonds. The molecular weight excluding hydrogens is 1080 g/mol. The summed E-state index contributed by atoms with van der Waals surface area (Å²) in [6, 6.07) is 25.9. The number of aromatic hydroxyl groups is 3. The zero-order valence-corrected chi connectivity index (χ0v) is 47.5. The lowest BCUT2D eigenvalue weighted by molar-refractivity contribution is -0.251. The number of rotatable bonds is 26. The van der Waals surface area contributed by atoms with Crippen LogP contribution in [0, 0.1) is 0 Å². The van der Waals surface area contributed by atoms with E-state index in [9.17, 15) is 43.5 Å². The SMILES string of the molecule is CC1CC(CCCC2CC(CC(O)CCCC3CC(CCCC(O)CC4C[C@H](C)OC(c5ccccc5O)O4)OC(c4ccccc4O)O3)OC(CNC(=O)CCC(=O)N(N)c3ccc(S(N)(=O)=O)cc3)O2)OC(c2ccccc2O)O1. The van der Waals surface area contributed by atoms with Crippen molar-refractivity contribution >= 4 is 27.5 Å². The average Bonchev–Trinajstić information content (AvgIpc) is 3.52. The molecule has 22 heteroatoms. The molecule has 21 nitrogen and oxygen atoms in total. The molecular formula is C60H82N4O17S. The van der Waals surface area contributed by atoms with Gasteiger partial charge in [-0.3, -0.25) is 9.59 Å². The number of sulfonamides is 1. The second kappa shape index (κ2) is 30.0. The largest absolute Gasteiger partial charge is 0.507 e. The van der Waals surface area contributed by atoms with Crippen LogP contribution in [0.5, 0.6) is 17.2 Å². The number of aliphatic hydroxyl groups excluding tert-OH is 2. The summed E-state index contributed by atoms with van der Waals surface area (Å²) in [6.45, 7) is 3.92. The molecule has 4 saturated heterocycles. The quantitative estimate of drug-likeness (QED) is 0.0169. The molecule has 0 aliphatic carbocycles. The number of benzene rings is 4. The molecule has 13 unspecified atom stereocenters. The second-order valence-electron chi connectivity index (χ2n) is 22.2. The lowest BCUT2D eigenvalue weighted by Gasteiger charge is -2.38. The minimum absolute atomic E-state index is 0.0232. The van der Waals surface area contributed by atoms with E-state index in [1.54, 1.807) is 54.6 Å². The van der Waals surface area contributed by atoms with Crippen LogP contribution in [0.3, 0.4) is 0 Å². The maximum Gasteiger partial charge on any atom is 0.241 e. The Morgan fingerprint density at radius 2 is 0.963 bits per heavy atom. The number of phenolic OH excluding ortho intramolecular Hbond substituents is 3. The van der Waals surface area contributed by atoms with E-state index in [0.717, 1.165) is 11.4 Å². The molecule has 82 heavy (non-hydrogen) atoms. The topological polar surface area (TPSA) is 311 Å². The third-order valence-corrected chi connectivity index (χ3v) is 16.4. The predicted molar refractivity (Wildman–Crippen MR) is 300 cm³/mol. The molecule has 0 radical (unpaired) electrons. The maximum atomic E-state index is 13.1. The number of para-hydroxylation sites is 3. The summed E-state index contributed by atoms with van der Waals surface area (Å²) in [6.07, 6.45) is 1.95. The Hall–Kier alpha value is -5.31. The van der Waals surface area contributed by atoms with Crippen LogP contribution >= 0.6 is 0 Å². The highest BCUT2D eigenvalue weighted by atomic mass is 32.2. The Morgan fingerprint density at radius 3 is 1.46 bits per heavy atom. The number of nitrogens with one attached hydrogen (secondary N) is 1. The zero-order valence-electron chi connectivity index (χ0n) is 46.7. The van der Waals surface area contributed by atoms with Crippen LogP contribution in [0.25, 0.3) is 0 Å². The van der Waals surface area contributed by atoms with Crippen LogP contribution < -0.4 is 21.3 Å². The second-order valence-corrected chi connectivity index (χ2v) is 23.7. The van der Waals surface area contributed by atoms with Crippen LogP contribution in [0.1, 0.15) is 159 Å². The number of ether oxygens (including phenoxy) is 8. The van der Waals surface area contributed by atoms with E-state index in [0.29, 0.717) is 107 Å². The third-order valence-electron chi connectivity index (χ3n) is 15.5. The van der Waals surface area contributed by atoms with E-state index in [1.165, 1.54) is 24.3 Å². The van der Waals surface area contributed by atoms with Gasteiger partial charge in [0.2, 0.25) is 21.8 Å². The summed E-state index contributed by atoms with van der Waals surface area (Å²) in [7, 11) is -3.95. The van der Waals surface area contributed by atoms with E-state index >= 15 is 0 Å². The van der Waals surface area contributed by atoms with Crippen molar-refractivity contribution in [2.75, 3.05) is 11.6 Å². The number of primary sulfonamides is 1. The maximum absolute atomic E-state index is 13.1. The van der Waals surface area contributed by atoms with Crippen LogP contribution in [0.4, 0.5) is 5.69 Å². The van der Waals surface area contributed by atoms with Crippen LogP contribution in [-0.4, -0.2) is 120 Å². The summed E-state index contributed by atoms with van der Waals surface area (Å²) in [5.74, 6) is 5.23. The average molecular weight is 1160 g/mol. The van der Waals surface area contributed by atoms with Gasteiger partial charge in [0.25, 0.3) is 0 Å². The number of phenols is 3. The Balaban J connectivity index is 0.828. The predicted octanol–water partition coefficient (Wildman–Crippen LogP) is 7.73. The van der Waals surface area contributed by atoms with Gasteiger partial charge in [-0.15, -0.1) is 0 Å². The first-order valence-electron chi connectivity index (χ1n) is 28.7. The minimum atomic E-state index is -3.95. The van der Waals surface area contributed by atoms with Crippen molar-refractivity contribution in [2.24, 2.45) is 11.0 Å². The van der Waals surface area contributed by atoms with Crippen molar-refractivity contribution in [2.45, 2.75) is 214 Å². The molecule has 10 N–H and O–H groups in total. The normalized spacial score (nSPS) is 27.7. The molecule has 0 spiro atoms. The molecule has 0 saturated carbocycles. The number of amides is 2. The molecule has 4 aromatic rings. The standard InChI is InChI=1S/C60H82N4O17S/c1-37-30-42(78-58(74-37)49-18-3-6-21-52(49)67)16-11-17-43-35-47(77-57(76-43)36-63-55(70)28-29-56(71)64(61)39-24-26-48(27-25-39)82(62,72)73)33-41(66)13-10-15-45-34-44(79-60(80-45)51-20-5-8-23-54(51)69)14-9-12-40(65)32-46-31-38(2)75-59(81-46)50-19-4-7-22-53(50)68/h3-8,18-27,37-38,40-47,57-60,65-69H,9-17,28-36,61H2,1-2H3,(H,63,70)(H2,62,72,73)/t37?,38-,40?,41?,42?,43?,44?,45?,46?,47?,57?,58?,59?,60?/m0/s1. The fourth-order valence-electron chi connectivity index (χ4n) is 11.2. The molecule has 450 valence electrons. The van der Waals surface area contributed by atoms with Gasteiger partial charge in [-0.1, -0.05) is 54.6 Å². The summed E-state index contributed by atoms with van der Waals surface area (Å²) in [5.41, 5.74) is 1.86. The van der Waals surface area contributed by atoms with Gasteiger partial charge in [0.05, 0.1) is 78.2 Å². The van der Waals surface area contributed by atoms with E-state index in [-0.39, 0.29) is 89.9 Å². The first kappa shape index (κ1) is 62.7. The van der Waals surface area contributed by atoms with Crippen LogP contribution in [0.2, 0.25) is 0 Å².